The van der Waals surface area contributed by atoms with Crippen LogP contribution in [0.2, 0.25) is 0 Å². The topological polar surface area (TPSA) is 43.4 Å². The Morgan fingerprint density at radius 1 is 1.44 bits per heavy atom. The van der Waals surface area contributed by atoms with E-state index in [9.17, 15) is 9.59 Å². The highest BCUT2D eigenvalue weighted by molar-refractivity contribution is 5.99. The maximum Gasteiger partial charge on any atom is 0.316 e. The smallest absolute Gasteiger partial charge is 0.316 e. The van der Waals surface area contributed by atoms with E-state index in [1.54, 1.807) is 6.92 Å². The number of hydrogen-bond acceptors (Lipinski definition) is 3. The third-order valence-corrected chi connectivity index (χ3v) is 4.06. The fourth-order valence-corrected chi connectivity index (χ4v) is 3.46. The molecule has 2 fully saturated rings. The van der Waals surface area contributed by atoms with Crippen LogP contribution in [0.4, 0.5) is 0 Å². The lowest BCUT2D eigenvalue weighted by Crippen LogP contribution is -2.45. The van der Waals surface area contributed by atoms with Gasteiger partial charge in [-0.15, -0.1) is 0 Å². The van der Waals surface area contributed by atoms with Gasteiger partial charge in [-0.2, -0.15) is 0 Å². The summed E-state index contributed by atoms with van der Waals surface area (Å²) in [5.41, 5.74) is 0.282. The average molecular weight is 224 g/mol. The van der Waals surface area contributed by atoms with Gasteiger partial charge in [-0.05, 0) is 43.9 Å². The van der Waals surface area contributed by atoms with Crippen LogP contribution in [0.15, 0.2) is 0 Å². The molecule has 0 heterocycles. The van der Waals surface area contributed by atoms with Crippen molar-refractivity contribution in [3.63, 3.8) is 0 Å². The van der Waals surface area contributed by atoms with E-state index in [1.807, 2.05) is 0 Å². The summed E-state index contributed by atoms with van der Waals surface area (Å²) in [6.45, 7) is 4.39. The van der Waals surface area contributed by atoms with Crippen LogP contribution in [-0.4, -0.2) is 18.4 Å². The summed E-state index contributed by atoms with van der Waals surface area (Å²) >= 11 is 0. The van der Waals surface area contributed by atoms with Gasteiger partial charge in [-0.25, -0.2) is 0 Å². The lowest BCUT2D eigenvalue weighted by atomic mass is 9.54. The first-order valence-electron chi connectivity index (χ1n) is 6.26. The maximum atomic E-state index is 11.7. The maximum absolute atomic E-state index is 11.7. The quantitative estimate of drug-likeness (QED) is 0.534. The number of carbonyl (C=O) groups excluding carboxylic acids is 2. The molecule has 2 rings (SSSR count). The number of ketones is 1. The van der Waals surface area contributed by atoms with E-state index >= 15 is 0 Å². The predicted molar refractivity (Wildman–Crippen MR) is 59.8 cm³/mol. The molecule has 16 heavy (non-hydrogen) atoms. The first-order chi connectivity index (χ1) is 7.56. The lowest BCUT2D eigenvalue weighted by Gasteiger charge is -2.50. The van der Waals surface area contributed by atoms with Crippen molar-refractivity contribution in [3.05, 3.63) is 0 Å². The van der Waals surface area contributed by atoms with Crippen LogP contribution >= 0.6 is 0 Å². The van der Waals surface area contributed by atoms with E-state index in [4.69, 9.17) is 4.74 Å². The Morgan fingerprint density at radius 2 is 2.12 bits per heavy atom. The Morgan fingerprint density at radius 3 is 2.69 bits per heavy atom. The van der Waals surface area contributed by atoms with E-state index in [2.05, 4.69) is 6.92 Å². The summed E-state index contributed by atoms with van der Waals surface area (Å²) in [7, 11) is 0. The molecule has 90 valence electrons. The second-order valence-electron chi connectivity index (χ2n) is 5.49. The SMILES string of the molecule is CCOC(=O)C1CC2(CCC1=O)CC(C)C2. The van der Waals surface area contributed by atoms with Crippen LogP contribution in [0.1, 0.15) is 46.0 Å². The molecule has 3 heteroatoms. The minimum absolute atomic E-state index is 0.0867. The largest absolute Gasteiger partial charge is 0.465 e. The van der Waals surface area contributed by atoms with E-state index in [-0.39, 0.29) is 17.2 Å². The van der Waals surface area contributed by atoms with Gasteiger partial charge in [0.2, 0.25) is 0 Å². The van der Waals surface area contributed by atoms with Crippen LogP contribution in [-0.2, 0) is 14.3 Å². The molecule has 0 aromatic carbocycles. The van der Waals surface area contributed by atoms with Crippen LogP contribution in [0, 0.1) is 17.3 Å². The molecule has 1 unspecified atom stereocenters. The number of esters is 1. The first-order valence-corrected chi connectivity index (χ1v) is 6.26. The summed E-state index contributed by atoms with van der Waals surface area (Å²) in [5, 5.41) is 0. The highest BCUT2D eigenvalue weighted by Crippen LogP contribution is 2.55. The summed E-state index contributed by atoms with van der Waals surface area (Å²) in [4.78, 5) is 23.4. The molecule has 1 atom stereocenters. The van der Waals surface area contributed by atoms with E-state index in [0.29, 0.717) is 13.0 Å². The zero-order valence-corrected chi connectivity index (χ0v) is 10.1. The zero-order chi connectivity index (χ0) is 11.8. The van der Waals surface area contributed by atoms with Crippen LogP contribution in [0.3, 0.4) is 0 Å². The zero-order valence-electron chi connectivity index (χ0n) is 10.1. The Balaban J connectivity index is 2.01. The fraction of sp³-hybridized carbons (Fsp3) is 0.846. The Bertz CT molecular complexity index is 302. The molecular formula is C13H20O3. The van der Waals surface area contributed by atoms with Gasteiger partial charge in [0, 0.05) is 6.42 Å². The fourth-order valence-electron chi connectivity index (χ4n) is 3.46. The Kier molecular flexibility index (Phi) is 3.04. The molecule has 0 bridgehead atoms. The highest BCUT2D eigenvalue weighted by atomic mass is 16.5. The van der Waals surface area contributed by atoms with Crippen molar-refractivity contribution < 1.29 is 14.3 Å². The summed E-state index contributed by atoms with van der Waals surface area (Å²) in [6.07, 6.45) is 4.63. The van der Waals surface area contributed by atoms with Crippen molar-refractivity contribution in [2.75, 3.05) is 6.61 Å². The van der Waals surface area contributed by atoms with Gasteiger partial charge in [0.05, 0.1) is 6.61 Å². The monoisotopic (exact) mass is 224 g/mol. The normalized spacial score (nSPS) is 38.2. The van der Waals surface area contributed by atoms with E-state index in [1.165, 1.54) is 12.8 Å². The average Bonchev–Trinajstić information content (AvgIpc) is 2.19. The standard InChI is InChI=1S/C13H20O3/c1-3-16-12(15)10-8-13(5-4-11(10)14)6-9(2)7-13/h9-10H,3-8H2,1-2H3. The molecule has 1 spiro atoms. The molecule has 0 N–H and O–H groups in total. The third kappa shape index (κ3) is 2.00. The van der Waals surface area contributed by atoms with Crippen molar-refractivity contribution in [1.29, 1.82) is 0 Å². The summed E-state index contributed by atoms with van der Waals surface area (Å²) in [5.74, 6) is 0.0759. The molecule has 0 saturated heterocycles. The molecule has 0 aromatic rings. The molecule has 2 saturated carbocycles. The van der Waals surface area contributed by atoms with Gasteiger partial charge in [0.25, 0.3) is 0 Å². The Labute approximate surface area is 96.5 Å². The van der Waals surface area contributed by atoms with Crippen molar-refractivity contribution in [2.45, 2.75) is 46.0 Å². The second kappa shape index (κ2) is 4.19. The number of Topliss-reactive ketones (excluding diaryl/α,β-unsaturated/α-hetero) is 1. The lowest BCUT2D eigenvalue weighted by molar-refractivity contribution is -0.157. The number of hydrogen-bond donors (Lipinski definition) is 0. The van der Waals surface area contributed by atoms with Crippen molar-refractivity contribution in [3.8, 4) is 0 Å². The minimum atomic E-state index is -0.471. The van der Waals surface area contributed by atoms with Gasteiger partial charge in [0.15, 0.2) is 0 Å². The molecular weight excluding hydrogens is 204 g/mol. The van der Waals surface area contributed by atoms with Gasteiger partial charge in [-0.1, -0.05) is 6.92 Å². The molecule has 0 aliphatic heterocycles. The van der Waals surface area contributed by atoms with E-state index in [0.717, 1.165) is 18.8 Å². The molecule has 0 amide bonds. The third-order valence-electron chi connectivity index (χ3n) is 4.06. The molecule has 3 nitrogen and oxygen atoms in total. The molecule has 2 aliphatic rings. The summed E-state index contributed by atoms with van der Waals surface area (Å²) < 4.78 is 4.98. The van der Waals surface area contributed by atoms with Crippen LogP contribution < -0.4 is 0 Å². The number of carbonyl (C=O) groups is 2. The van der Waals surface area contributed by atoms with Crippen molar-refractivity contribution in [1.82, 2.24) is 0 Å². The Hall–Kier alpha value is -0.860. The predicted octanol–water partition coefficient (Wildman–Crippen LogP) is 2.33. The van der Waals surface area contributed by atoms with Gasteiger partial charge in [0.1, 0.15) is 11.7 Å². The number of ether oxygens (including phenoxy) is 1. The van der Waals surface area contributed by atoms with Gasteiger partial charge < -0.3 is 4.74 Å². The number of rotatable bonds is 2. The highest BCUT2D eigenvalue weighted by Gasteiger charge is 2.49. The second-order valence-corrected chi connectivity index (χ2v) is 5.49. The van der Waals surface area contributed by atoms with Gasteiger partial charge in [-0.3, -0.25) is 9.59 Å². The molecule has 0 radical (unpaired) electrons. The van der Waals surface area contributed by atoms with Crippen LogP contribution in [0.25, 0.3) is 0 Å². The molecule has 2 aliphatic carbocycles. The summed E-state index contributed by atoms with van der Waals surface area (Å²) in [6, 6.07) is 0. The minimum Gasteiger partial charge on any atom is -0.465 e. The van der Waals surface area contributed by atoms with Crippen molar-refractivity contribution in [2.24, 2.45) is 17.3 Å². The van der Waals surface area contributed by atoms with Crippen LogP contribution in [0.5, 0.6) is 0 Å². The van der Waals surface area contributed by atoms with Crippen molar-refractivity contribution >= 4 is 11.8 Å². The molecule has 0 aromatic heterocycles. The van der Waals surface area contributed by atoms with E-state index < -0.39 is 5.92 Å². The first kappa shape index (κ1) is 11.6. The van der Waals surface area contributed by atoms with Gasteiger partial charge >= 0.3 is 5.97 Å².